The second-order valence-corrected chi connectivity index (χ2v) is 5.95. The Morgan fingerprint density at radius 3 is 2.46 bits per heavy atom. The molecule has 0 aliphatic carbocycles. The van der Waals surface area contributed by atoms with Crippen LogP contribution in [0.3, 0.4) is 0 Å². The molecule has 26 heavy (non-hydrogen) atoms. The Labute approximate surface area is 154 Å². The maximum Gasteiger partial charge on any atom is 0.344 e. The minimum atomic E-state index is -0.729. The van der Waals surface area contributed by atoms with Crippen molar-refractivity contribution >= 4 is 29.0 Å². The summed E-state index contributed by atoms with van der Waals surface area (Å²) in [6.07, 6.45) is 0. The van der Waals surface area contributed by atoms with Crippen LogP contribution in [0.2, 0.25) is 5.02 Å². The molecule has 0 heterocycles. The lowest BCUT2D eigenvalue weighted by atomic mass is 10.1. The van der Waals surface area contributed by atoms with E-state index in [4.69, 9.17) is 21.1 Å². The minimum Gasteiger partial charge on any atom is -0.482 e. The van der Waals surface area contributed by atoms with Crippen LogP contribution in [-0.2, 0) is 9.53 Å². The molecule has 8 heteroatoms. The normalized spacial score (nSPS) is 10.3. The van der Waals surface area contributed by atoms with Crippen LogP contribution >= 0.6 is 11.6 Å². The standard InChI is InChI=1S/C18H16ClNO6/c1-11-3-4-13(8-16(11)20(23)24)17(21)9-26-18(22)10-25-14-5-6-15(19)12(2)7-14/h3-8H,9-10H2,1-2H3. The first kappa shape index (κ1) is 19.4. The van der Waals surface area contributed by atoms with Crippen molar-refractivity contribution in [1.82, 2.24) is 0 Å². The maximum absolute atomic E-state index is 12.0. The van der Waals surface area contributed by atoms with Crippen LogP contribution in [-0.4, -0.2) is 29.9 Å². The predicted octanol–water partition coefficient (Wildman–Crippen LogP) is 3.67. The summed E-state index contributed by atoms with van der Waals surface area (Å²) in [6, 6.07) is 9.01. The summed E-state index contributed by atoms with van der Waals surface area (Å²) in [4.78, 5) is 34.1. The Bertz CT molecular complexity index is 865. The molecule has 2 aromatic carbocycles. The molecular formula is C18H16ClNO6. The summed E-state index contributed by atoms with van der Waals surface area (Å²) in [6.45, 7) is 2.47. The third kappa shape index (κ3) is 5.03. The van der Waals surface area contributed by atoms with Gasteiger partial charge in [0.2, 0.25) is 5.78 Å². The number of nitro groups is 1. The third-order valence-electron chi connectivity index (χ3n) is 3.58. The Morgan fingerprint density at radius 2 is 1.81 bits per heavy atom. The van der Waals surface area contributed by atoms with E-state index in [0.29, 0.717) is 16.3 Å². The van der Waals surface area contributed by atoms with Crippen molar-refractivity contribution < 1.29 is 24.0 Å². The molecule has 0 fully saturated rings. The number of nitrogens with zero attached hydrogens (tertiary/aromatic N) is 1. The molecule has 0 bridgehead atoms. The zero-order valence-electron chi connectivity index (χ0n) is 14.2. The first-order valence-corrected chi connectivity index (χ1v) is 7.98. The fourth-order valence-corrected chi connectivity index (χ4v) is 2.22. The van der Waals surface area contributed by atoms with E-state index in [2.05, 4.69) is 0 Å². The summed E-state index contributed by atoms with van der Waals surface area (Å²) >= 11 is 5.90. The van der Waals surface area contributed by atoms with Crippen molar-refractivity contribution in [2.24, 2.45) is 0 Å². The molecule has 2 aromatic rings. The Morgan fingerprint density at radius 1 is 1.08 bits per heavy atom. The molecule has 0 amide bonds. The number of ether oxygens (including phenoxy) is 2. The molecule has 0 N–H and O–H groups in total. The van der Waals surface area contributed by atoms with Crippen molar-refractivity contribution in [1.29, 1.82) is 0 Å². The number of hydrogen-bond acceptors (Lipinski definition) is 6. The monoisotopic (exact) mass is 377 g/mol. The lowest BCUT2D eigenvalue weighted by molar-refractivity contribution is -0.385. The third-order valence-corrected chi connectivity index (χ3v) is 4.00. The van der Waals surface area contributed by atoms with Gasteiger partial charge in [0.1, 0.15) is 5.75 Å². The molecule has 2 rings (SSSR count). The molecule has 0 spiro atoms. The van der Waals surface area contributed by atoms with Crippen molar-refractivity contribution in [3.8, 4) is 5.75 Å². The SMILES string of the molecule is Cc1cc(OCC(=O)OCC(=O)c2ccc(C)c([N+](=O)[O-])c2)ccc1Cl. The highest BCUT2D eigenvalue weighted by atomic mass is 35.5. The fraction of sp³-hybridized carbons (Fsp3) is 0.222. The molecule has 0 aliphatic heterocycles. The van der Waals surface area contributed by atoms with Gasteiger partial charge in [0.25, 0.3) is 5.69 Å². The summed E-state index contributed by atoms with van der Waals surface area (Å²) in [5.74, 6) is -0.819. The second kappa shape index (κ2) is 8.44. The highest BCUT2D eigenvalue weighted by Gasteiger charge is 2.16. The number of nitro benzene ring substituents is 1. The van der Waals surface area contributed by atoms with E-state index >= 15 is 0 Å². The number of Topliss-reactive ketones (excluding diaryl/α,β-unsaturated/α-hetero) is 1. The number of carbonyl (C=O) groups is 2. The number of hydrogen-bond donors (Lipinski definition) is 0. The first-order valence-electron chi connectivity index (χ1n) is 7.60. The average molecular weight is 378 g/mol. The Balaban J connectivity index is 1.88. The van der Waals surface area contributed by atoms with Crippen LogP contribution in [0.4, 0.5) is 5.69 Å². The number of ketones is 1. The largest absolute Gasteiger partial charge is 0.482 e. The lowest BCUT2D eigenvalue weighted by Crippen LogP contribution is -2.19. The van der Waals surface area contributed by atoms with E-state index in [-0.39, 0.29) is 17.9 Å². The number of carbonyl (C=O) groups excluding carboxylic acids is 2. The van der Waals surface area contributed by atoms with Gasteiger partial charge in [-0.2, -0.15) is 0 Å². The fourth-order valence-electron chi connectivity index (χ4n) is 2.10. The van der Waals surface area contributed by atoms with Crippen LogP contribution in [0.15, 0.2) is 36.4 Å². The van der Waals surface area contributed by atoms with Crippen molar-refractivity contribution in [3.05, 3.63) is 68.2 Å². The van der Waals surface area contributed by atoms with Gasteiger partial charge in [0.15, 0.2) is 13.2 Å². The van der Waals surface area contributed by atoms with Gasteiger partial charge in [-0.1, -0.05) is 23.7 Å². The van der Waals surface area contributed by atoms with Crippen LogP contribution in [0.1, 0.15) is 21.5 Å². The van der Waals surface area contributed by atoms with E-state index in [1.165, 1.54) is 18.2 Å². The molecule has 136 valence electrons. The van der Waals surface area contributed by atoms with Crippen LogP contribution in [0.25, 0.3) is 0 Å². The Hall–Kier alpha value is -2.93. The molecule has 0 unspecified atom stereocenters. The van der Waals surface area contributed by atoms with Gasteiger partial charge in [-0.05, 0) is 37.6 Å². The molecule has 0 aliphatic rings. The van der Waals surface area contributed by atoms with Gasteiger partial charge in [0, 0.05) is 22.2 Å². The van der Waals surface area contributed by atoms with Gasteiger partial charge >= 0.3 is 5.97 Å². The van der Waals surface area contributed by atoms with Crippen LogP contribution in [0.5, 0.6) is 5.75 Å². The number of rotatable bonds is 7. The molecule has 7 nitrogen and oxygen atoms in total. The van der Waals surface area contributed by atoms with Gasteiger partial charge in [-0.3, -0.25) is 14.9 Å². The quantitative estimate of drug-likeness (QED) is 0.316. The zero-order chi connectivity index (χ0) is 19.3. The molecule has 0 radical (unpaired) electrons. The van der Waals surface area contributed by atoms with E-state index in [9.17, 15) is 19.7 Å². The van der Waals surface area contributed by atoms with E-state index in [0.717, 1.165) is 5.56 Å². The van der Waals surface area contributed by atoms with Gasteiger partial charge in [-0.25, -0.2) is 4.79 Å². The number of esters is 1. The van der Waals surface area contributed by atoms with E-state index < -0.39 is 23.3 Å². The highest BCUT2D eigenvalue weighted by molar-refractivity contribution is 6.31. The van der Waals surface area contributed by atoms with Crippen LogP contribution < -0.4 is 4.74 Å². The number of halogens is 1. The second-order valence-electron chi connectivity index (χ2n) is 5.54. The highest BCUT2D eigenvalue weighted by Crippen LogP contribution is 2.21. The molecule has 0 atom stereocenters. The van der Waals surface area contributed by atoms with Crippen molar-refractivity contribution in [2.75, 3.05) is 13.2 Å². The molecule has 0 aromatic heterocycles. The number of aryl methyl sites for hydroxylation is 2. The molecular weight excluding hydrogens is 362 g/mol. The zero-order valence-corrected chi connectivity index (χ0v) is 14.9. The van der Waals surface area contributed by atoms with Gasteiger partial charge in [0.05, 0.1) is 4.92 Å². The average Bonchev–Trinajstić information content (AvgIpc) is 2.60. The van der Waals surface area contributed by atoms with E-state index in [1.807, 2.05) is 0 Å². The Kier molecular flexibility index (Phi) is 6.30. The van der Waals surface area contributed by atoms with Crippen molar-refractivity contribution in [3.63, 3.8) is 0 Å². The maximum atomic E-state index is 12.0. The van der Waals surface area contributed by atoms with Gasteiger partial charge in [-0.15, -0.1) is 0 Å². The molecule has 0 saturated heterocycles. The summed E-state index contributed by atoms with van der Waals surface area (Å²) in [5.41, 5.74) is 1.18. The van der Waals surface area contributed by atoms with Gasteiger partial charge < -0.3 is 9.47 Å². The summed E-state index contributed by atoms with van der Waals surface area (Å²) < 4.78 is 10.1. The predicted molar refractivity (Wildman–Crippen MR) is 94.8 cm³/mol. The van der Waals surface area contributed by atoms with E-state index in [1.54, 1.807) is 32.0 Å². The number of benzene rings is 2. The summed E-state index contributed by atoms with van der Waals surface area (Å²) in [7, 11) is 0. The molecule has 0 saturated carbocycles. The minimum absolute atomic E-state index is 0.101. The smallest absolute Gasteiger partial charge is 0.344 e. The summed E-state index contributed by atoms with van der Waals surface area (Å²) in [5, 5.41) is 11.5. The topological polar surface area (TPSA) is 95.7 Å². The lowest BCUT2D eigenvalue weighted by Gasteiger charge is -2.08. The van der Waals surface area contributed by atoms with Crippen molar-refractivity contribution in [2.45, 2.75) is 13.8 Å². The van der Waals surface area contributed by atoms with Crippen LogP contribution in [0, 0.1) is 24.0 Å². The first-order chi connectivity index (χ1) is 12.3.